The van der Waals surface area contributed by atoms with E-state index in [1.54, 1.807) is 6.07 Å². The molecule has 0 bridgehead atoms. The Hall–Kier alpha value is -2.11. The molecule has 1 aromatic rings. The summed E-state index contributed by atoms with van der Waals surface area (Å²) in [6, 6.07) is 1.57. The molecule has 0 aliphatic heterocycles. The van der Waals surface area contributed by atoms with E-state index in [1.807, 2.05) is 0 Å². The van der Waals surface area contributed by atoms with Crippen LogP contribution in [0.2, 0.25) is 5.02 Å². The minimum atomic E-state index is -0.660. The molecule has 0 N–H and O–H groups in total. The van der Waals surface area contributed by atoms with Gasteiger partial charge in [-0.15, -0.1) is 0 Å². The molecule has 0 aliphatic rings. The molecule has 0 unspecified atom stereocenters. The highest BCUT2D eigenvalue weighted by Gasteiger charge is 2.14. The van der Waals surface area contributed by atoms with Gasteiger partial charge in [0.05, 0.1) is 10.5 Å². The fourth-order valence-electron chi connectivity index (χ4n) is 0.743. The predicted molar refractivity (Wildman–Crippen MR) is 48.4 cm³/mol. The van der Waals surface area contributed by atoms with E-state index in [4.69, 9.17) is 16.9 Å². The number of halogens is 1. The number of pyridine rings is 1. The third kappa shape index (κ3) is 1.98. The second-order valence-electron chi connectivity index (χ2n) is 2.14. The second kappa shape index (κ2) is 4.22. The van der Waals surface area contributed by atoms with Gasteiger partial charge in [0.15, 0.2) is 6.07 Å². The zero-order chi connectivity index (χ0) is 10.6. The normalized spacial score (nSPS) is 8.29. The lowest BCUT2D eigenvalue weighted by Crippen LogP contribution is -1.92. The molecule has 1 aromatic heterocycles. The van der Waals surface area contributed by atoms with Crippen molar-refractivity contribution in [1.82, 2.24) is 4.98 Å². The van der Waals surface area contributed by atoms with Crippen LogP contribution < -0.4 is 0 Å². The van der Waals surface area contributed by atoms with Crippen LogP contribution in [0.5, 0.6) is 0 Å². The molecule has 0 spiro atoms. The van der Waals surface area contributed by atoms with Crippen molar-refractivity contribution in [2.24, 2.45) is 0 Å². The Morgan fingerprint density at radius 3 is 2.86 bits per heavy atom. The van der Waals surface area contributed by atoms with Gasteiger partial charge in [-0.1, -0.05) is 11.6 Å². The zero-order valence-corrected chi connectivity index (χ0v) is 7.45. The van der Waals surface area contributed by atoms with Gasteiger partial charge >= 0.3 is 5.69 Å². The van der Waals surface area contributed by atoms with E-state index in [0.717, 1.165) is 6.20 Å². The number of rotatable bonds is 1. The maximum atomic E-state index is 10.4. The first-order valence-corrected chi connectivity index (χ1v) is 3.72. The van der Waals surface area contributed by atoms with Crippen molar-refractivity contribution >= 4 is 17.3 Å². The summed E-state index contributed by atoms with van der Waals surface area (Å²) in [5.74, 6) is 4.43. The van der Waals surface area contributed by atoms with E-state index < -0.39 is 4.92 Å². The molecule has 1 rings (SSSR count). The Balaban J connectivity index is 3.29. The number of nitriles is 1. The van der Waals surface area contributed by atoms with Crippen molar-refractivity contribution < 1.29 is 4.92 Å². The zero-order valence-electron chi connectivity index (χ0n) is 6.69. The SMILES string of the molecule is N#CC#Cc1cncc([N+](=O)[O-])c1Cl. The minimum Gasteiger partial charge on any atom is -0.258 e. The van der Waals surface area contributed by atoms with Gasteiger partial charge in [0, 0.05) is 12.1 Å². The summed E-state index contributed by atoms with van der Waals surface area (Å²) in [5, 5.41) is 18.5. The topological polar surface area (TPSA) is 79.8 Å². The van der Waals surface area contributed by atoms with Crippen molar-refractivity contribution in [3.63, 3.8) is 0 Å². The fourth-order valence-corrected chi connectivity index (χ4v) is 0.957. The molecule has 0 saturated heterocycles. The largest absolute Gasteiger partial charge is 0.307 e. The average Bonchev–Trinajstić information content (AvgIpc) is 2.16. The molecular weight excluding hydrogens is 206 g/mol. The van der Waals surface area contributed by atoms with Gasteiger partial charge in [-0.05, 0) is 5.92 Å². The van der Waals surface area contributed by atoms with Gasteiger partial charge < -0.3 is 0 Å². The minimum absolute atomic E-state index is 0.104. The van der Waals surface area contributed by atoms with E-state index in [2.05, 4.69) is 16.8 Å². The van der Waals surface area contributed by atoms with Gasteiger partial charge in [0.1, 0.15) is 11.2 Å². The first-order chi connectivity index (χ1) is 6.66. The molecule has 0 aliphatic carbocycles. The van der Waals surface area contributed by atoms with Gasteiger partial charge in [0.25, 0.3) is 0 Å². The Morgan fingerprint density at radius 2 is 2.29 bits per heavy atom. The summed E-state index contributed by atoms with van der Waals surface area (Å²) in [7, 11) is 0. The Morgan fingerprint density at radius 1 is 1.57 bits per heavy atom. The summed E-state index contributed by atoms with van der Waals surface area (Å²) < 4.78 is 0. The molecule has 0 aromatic carbocycles. The molecule has 6 heteroatoms. The van der Waals surface area contributed by atoms with Crippen LogP contribution in [0.3, 0.4) is 0 Å². The predicted octanol–water partition coefficient (Wildman–Crippen LogP) is 1.52. The van der Waals surface area contributed by atoms with Crippen LogP contribution in [0.4, 0.5) is 5.69 Å². The molecule has 0 fully saturated rings. The highest BCUT2D eigenvalue weighted by molar-refractivity contribution is 6.33. The Labute approximate surface area is 84.1 Å². The molecule has 0 radical (unpaired) electrons. The van der Waals surface area contributed by atoms with Gasteiger partial charge in [-0.25, -0.2) is 0 Å². The first kappa shape index (κ1) is 9.97. The van der Waals surface area contributed by atoms with Crippen LogP contribution in [0.25, 0.3) is 0 Å². The van der Waals surface area contributed by atoms with Crippen LogP contribution in [-0.2, 0) is 0 Å². The van der Waals surface area contributed by atoms with Crippen LogP contribution in [0.1, 0.15) is 5.56 Å². The lowest BCUT2D eigenvalue weighted by atomic mass is 10.2. The van der Waals surface area contributed by atoms with Crippen molar-refractivity contribution in [3.8, 4) is 17.9 Å². The fraction of sp³-hybridized carbons (Fsp3) is 0. The smallest absolute Gasteiger partial charge is 0.258 e. The monoisotopic (exact) mass is 207 g/mol. The quantitative estimate of drug-likeness (QED) is 0.397. The van der Waals surface area contributed by atoms with Gasteiger partial charge in [-0.2, -0.15) is 5.26 Å². The van der Waals surface area contributed by atoms with E-state index in [-0.39, 0.29) is 16.3 Å². The molecule has 0 saturated carbocycles. The van der Waals surface area contributed by atoms with Crippen molar-refractivity contribution in [3.05, 3.63) is 33.1 Å². The highest BCUT2D eigenvalue weighted by atomic mass is 35.5. The maximum absolute atomic E-state index is 10.4. The van der Waals surface area contributed by atoms with Crippen molar-refractivity contribution in [1.29, 1.82) is 5.26 Å². The van der Waals surface area contributed by atoms with E-state index in [0.29, 0.717) is 0 Å². The highest BCUT2D eigenvalue weighted by Crippen LogP contribution is 2.25. The first-order valence-electron chi connectivity index (χ1n) is 3.35. The van der Waals surface area contributed by atoms with E-state index in [9.17, 15) is 10.1 Å². The maximum Gasteiger partial charge on any atom is 0.307 e. The second-order valence-corrected chi connectivity index (χ2v) is 2.52. The number of hydrogen-bond acceptors (Lipinski definition) is 4. The third-order valence-corrected chi connectivity index (χ3v) is 1.71. The van der Waals surface area contributed by atoms with Gasteiger partial charge in [0.2, 0.25) is 0 Å². The lowest BCUT2D eigenvalue weighted by Gasteiger charge is -1.95. The number of hydrogen-bond donors (Lipinski definition) is 0. The summed E-state index contributed by atoms with van der Waals surface area (Å²) in [5.41, 5.74) is -0.154. The van der Waals surface area contributed by atoms with Crippen LogP contribution in [0, 0.1) is 33.3 Å². The number of nitrogens with zero attached hydrogens (tertiary/aromatic N) is 3. The molecule has 0 amide bonds. The third-order valence-electron chi connectivity index (χ3n) is 1.31. The molecule has 68 valence electrons. The van der Waals surface area contributed by atoms with Crippen molar-refractivity contribution in [2.75, 3.05) is 0 Å². The molecule has 0 atom stereocenters. The Kier molecular flexibility index (Phi) is 3.01. The standard InChI is InChI=1S/C8H2ClN3O2/c9-8-6(2-1-3-10)4-11-5-7(8)12(13)14/h4-5H. The Bertz CT molecular complexity index is 482. The van der Waals surface area contributed by atoms with Gasteiger partial charge in [-0.3, -0.25) is 15.1 Å². The average molecular weight is 208 g/mol. The number of nitro groups is 1. The van der Waals surface area contributed by atoms with E-state index in [1.165, 1.54) is 6.20 Å². The number of aromatic nitrogens is 1. The lowest BCUT2D eigenvalue weighted by molar-refractivity contribution is -0.385. The van der Waals surface area contributed by atoms with Crippen LogP contribution in [0.15, 0.2) is 12.4 Å². The molecule has 1 heterocycles. The van der Waals surface area contributed by atoms with Crippen molar-refractivity contribution in [2.45, 2.75) is 0 Å². The molecular formula is C8H2ClN3O2. The van der Waals surface area contributed by atoms with E-state index >= 15 is 0 Å². The summed E-state index contributed by atoms with van der Waals surface area (Å²) in [4.78, 5) is 13.3. The summed E-state index contributed by atoms with van der Waals surface area (Å²) in [6.07, 6.45) is 2.29. The molecule has 14 heavy (non-hydrogen) atoms. The summed E-state index contributed by atoms with van der Waals surface area (Å²) in [6.45, 7) is 0. The van der Waals surface area contributed by atoms with Crippen LogP contribution in [-0.4, -0.2) is 9.91 Å². The molecule has 5 nitrogen and oxygen atoms in total. The van der Waals surface area contributed by atoms with Crippen LogP contribution >= 0.6 is 11.6 Å². The summed E-state index contributed by atoms with van der Waals surface area (Å²) >= 11 is 5.65.